The number of ether oxygens (including phenoxy) is 2. The van der Waals surface area contributed by atoms with E-state index in [0.29, 0.717) is 12.8 Å². The molecule has 0 saturated carbocycles. The fourth-order valence-electron chi connectivity index (χ4n) is 6.94. The maximum atomic E-state index is 12.6. The number of phosphoric ester groups is 1. The molecule has 0 rings (SSSR count). The molecular formula is C47H90NO10P. The minimum atomic E-state index is -4.71. The van der Waals surface area contributed by atoms with E-state index in [1.54, 1.807) is 0 Å². The van der Waals surface area contributed by atoms with E-state index < -0.39 is 51.1 Å². The largest absolute Gasteiger partial charge is 0.480 e. The summed E-state index contributed by atoms with van der Waals surface area (Å²) in [5.74, 6) is -2.37. The molecule has 0 bridgehead atoms. The smallest absolute Gasteiger partial charge is 0.472 e. The number of nitrogens with two attached hydrogens (primary N) is 1. The highest BCUT2D eigenvalue weighted by atomic mass is 31.2. The molecule has 0 amide bonds. The van der Waals surface area contributed by atoms with Crippen LogP contribution in [0.1, 0.15) is 239 Å². The number of phosphoric acid groups is 1. The van der Waals surface area contributed by atoms with Gasteiger partial charge in [-0.25, -0.2) is 4.57 Å². The maximum absolute atomic E-state index is 12.6. The van der Waals surface area contributed by atoms with Crippen LogP contribution in [-0.4, -0.2) is 59.9 Å². The van der Waals surface area contributed by atoms with Crippen LogP contribution in [0.15, 0.2) is 12.2 Å². The lowest BCUT2D eigenvalue weighted by atomic mass is 10.0. The van der Waals surface area contributed by atoms with Gasteiger partial charge in [-0.05, 0) is 38.5 Å². The number of esters is 2. The standard InChI is InChI=1S/C47H90NO10P/c1-3-5-7-9-11-13-15-17-18-19-20-21-22-23-24-25-26-27-29-30-32-34-36-38-45(49)55-40-43(41-56-59(53,54)57-42-44(48)47(51)52)58-46(50)39-37-35-33-31-28-16-14-12-10-8-6-4-2/h12,14,43-44H,3-11,13,15-42,48H2,1-2H3,(H,51,52)(H,53,54)/b14-12+/t43-,44-/m0/s1. The Kier molecular flexibility index (Phi) is 41.6. The third-order valence-electron chi connectivity index (χ3n) is 10.8. The second kappa shape index (κ2) is 42.9. The molecule has 0 aliphatic heterocycles. The Morgan fingerprint density at radius 2 is 0.847 bits per heavy atom. The number of unbranched alkanes of at least 4 members (excludes halogenated alkanes) is 30. The Hall–Kier alpha value is -1.78. The Morgan fingerprint density at radius 1 is 0.508 bits per heavy atom. The topological polar surface area (TPSA) is 172 Å². The fourth-order valence-corrected chi connectivity index (χ4v) is 7.72. The maximum Gasteiger partial charge on any atom is 0.472 e. The van der Waals surface area contributed by atoms with Crippen LogP contribution in [-0.2, 0) is 37.5 Å². The predicted molar refractivity (Wildman–Crippen MR) is 240 cm³/mol. The molecule has 11 nitrogen and oxygen atoms in total. The van der Waals surface area contributed by atoms with Crippen LogP contribution in [0.2, 0.25) is 0 Å². The van der Waals surface area contributed by atoms with Crippen molar-refractivity contribution in [2.75, 3.05) is 19.8 Å². The molecule has 1 unspecified atom stereocenters. The summed E-state index contributed by atoms with van der Waals surface area (Å²) in [6.45, 7) is 2.80. The molecule has 0 aliphatic rings. The van der Waals surface area contributed by atoms with Crippen LogP contribution in [0.25, 0.3) is 0 Å². The number of carboxylic acids is 1. The second-order valence-electron chi connectivity index (χ2n) is 16.6. The Labute approximate surface area is 360 Å². The summed E-state index contributed by atoms with van der Waals surface area (Å²) in [6.07, 6.45) is 44.3. The van der Waals surface area contributed by atoms with Gasteiger partial charge in [0.05, 0.1) is 13.2 Å². The lowest BCUT2D eigenvalue weighted by Crippen LogP contribution is -2.34. The number of carboxylic acid groups (broad SMARTS) is 1. The van der Waals surface area contributed by atoms with Crippen molar-refractivity contribution in [3.05, 3.63) is 12.2 Å². The van der Waals surface area contributed by atoms with E-state index in [-0.39, 0.29) is 19.4 Å². The van der Waals surface area contributed by atoms with E-state index in [1.807, 2.05) is 0 Å². The van der Waals surface area contributed by atoms with Gasteiger partial charge < -0.3 is 25.2 Å². The zero-order chi connectivity index (χ0) is 43.5. The third kappa shape index (κ3) is 42.7. The number of aliphatic carboxylic acids is 1. The summed E-state index contributed by atoms with van der Waals surface area (Å²) in [7, 11) is -4.71. The number of carbonyl (C=O) groups is 3. The van der Waals surface area contributed by atoms with Crippen molar-refractivity contribution in [1.82, 2.24) is 0 Å². The van der Waals surface area contributed by atoms with Gasteiger partial charge in [-0.1, -0.05) is 199 Å². The van der Waals surface area contributed by atoms with Gasteiger partial charge >= 0.3 is 25.7 Å². The molecule has 3 atom stereocenters. The summed E-state index contributed by atoms with van der Waals surface area (Å²) < 4.78 is 32.7. The second-order valence-corrected chi connectivity index (χ2v) is 18.1. The van der Waals surface area contributed by atoms with Crippen LogP contribution in [0, 0.1) is 0 Å². The van der Waals surface area contributed by atoms with Gasteiger partial charge in [-0.15, -0.1) is 0 Å². The van der Waals surface area contributed by atoms with Crippen molar-refractivity contribution in [1.29, 1.82) is 0 Å². The first-order chi connectivity index (χ1) is 28.6. The molecule has 0 spiro atoms. The number of hydrogen-bond donors (Lipinski definition) is 3. The first-order valence-corrected chi connectivity index (χ1v) is 25.7. The number of hydrogen-bond acceptors (Lipinski definition) is 9. The summed E-state index contributed by atoms with van der Waals surface area (Å²) >= 11 is 0. The molecule has 0 aliphatic carbocycles. The summed E-state index contributed by atoms with van der Waals surface area (Å²) in [6, 6.07) is -1.52. The molecule has 0 heterocycles. The highest BCUT2D eigenvalue weighted by Gasteiger charge is 2.28. The predicted octanol–water partition coefficient (Wildman–Crippen LogP) is 13.2. The van der Waals surface area contributed by atoms with Crippen LogP contribution in [0.3, 0.4) is 0 Å². The van der Waals surface area contributed by atoms with Crippen molar-refractivity contribution in [3.63, 3.8) is 0 Å². The molecule has 348 valence electrons. The van der Waals surface area contributed by atoms with Crippen molar-refractivity contribution in [2.24, 2.45) is 5.73 Å². The first-order valence-electron chi connectivity index (χ1n) is 24.2. The van der Waals surface area contributed by atoms with Gasteiger partial charge in [-0.2, -0.15) is 0 Å². The van der Waals surface area contributed by atoms with Gasteiger partial charge in [0.25, 0.3) is 0 Å². The van der Waals surface area contributed by atoms with E-state index >= 15 is 0 Å². The monoisotopic (exact) mass is 860 g/mol. The van der Waals surface area contributed by atoms with Gasteiger partial charge in [0.2, 0.25) is 0 Å². The van der Waals surface area contributed by atoms with Gasteiger partial charge in [0.15, 0.2) is 6.10 Å². The van der Waals surface area contributed by atoms with Crippen LogP contribution in [0.5, 0.6) is 0 Å². The first kappa shape index (κ1) is 57.2. The van der Waals surface area contributed by atoms with Crippen LogP contribution < -0.4 is 5.73 Å². The van der Waals surface area contributed by atoms with Gasteiger partial charge in [0, 0.05) is 12.8 Å². The minimum Gasteiger partial charge on any atom is -0.480 e. The van der Waals surface area contributed by atoms with E-state index in [0.717, 1.165) is 57.8 Å². The summed E-state index contributed by atoms with van der Waals surface area (Å²) in [4.78, 5) is 46.0. The molecule has 0 aromatic carbocycles. The number of rotatable bonds is 46. The van der Waals surface area contributed by atoms with E-state index in [1.165, 1.54) is 141 Å². The van der Waals surface area contributed by atoms with Crippen molar-refractivity contribution in [2.45, 2.75) is 251 Å². The fraction of sp³-hybridized carbons (Fsp3) is 0.894. The highest BCUT2D eigenvalue weighted by Crippen LogP contribution is 2.43. The average Bonchev–Trinajstić information content (AvgIpc) is 3.21. The van der Waals surface area contributed by atoms with E-state index in [9.17, 15) is 23.8 Å². The third-order valence-corrected chi connectivity index (χ3v) is 11.7. The number of carbonyl (C=O) groups excluding carboxylic acids is 2. The summed E-state index contributed by atoms with van der Waals surface area (Å²) in [5.41, 5.74) is 5.34. The van der Waals surface area contributed by atoms with Crippen molar-refractivity contribution in [3.8, 4) is 0 Å². The van der Waals surface area contributed by atoms with E-state index in [2.05, 4.69) is 30.5 Å². The molecule has 59 heavy (non-hydrogen) atoms. The zero-order valence-electron chi connectivity index (χ0n) is 37.9. The molecule has 0 saturated heterocycles. The highest BCUT2D eigenvalue weighted by molar-refractivity contribution is 7.47. The van der Waals surface area contributed by atoms with Crippen LogP contribution >= 0.6 is 7.82 Å². The SMILES string of the molecule is CCCCC/C=C/CCCCCCCC(=O)O[C@@H](COC(=O)CCCCCCCCCCCCCCCCCCCCCCCCC)COP(=O)(O)OC[C@H](N)C(=O)O. The Morgan fingerprint density at radius 3 is 1.27 bits per heavy atom. The quantitative estimate of drug-likeness (QED) is 0.0230. The Bertz CT molecular complexity index is 1060. The lowest BCUT2D eigenvalue weighted by Gasteiger charge is -2.20. The molecular weight excluding hydrogens is 769 g/mol. The summed E-state index contributed by atoms with van der Waals surface area (Å²) in [5, 5.41) is 8.89. The average molecular weight is 860 g/mol. The van der Waals surface area contributed by atoms with E-state index in [4.69, 9.17) is 24.8 Å². The zero-order valence-corrected chi connectivity index (χ0v) is 38.8. The molecule has 4 N–H and O–H groups in total. The van der Waals surface area contributed by atoms with Crippen LogP contribution in [0.4, 0.5) is 0 Å². The lowest BCUT2D eigenvalue weighted by molar-refractivity contribution is -0.161. The normalized spacial score (nSPS) is 13.7. The van der Waals surface area contributed by atoms with Crippen molar-refractivity contribution < 1.29 is 47.5 Å². The minimum absolute atomic E-state index is 0.155. The number of allylic oxidation sites excluding steroid dienone is 2. The van der Waals surface area contributed by atoms with Gasteiger partial charge in [-0.3, -0.25) is 23.4 Å². The molecule has 12 heteroatoms. The molecule has 0 radical (unpaired) electrons. The van der Waals surface area contributed by atoms with Gasteiger partial charge in [0.1, 0.15) is 12.6 Å². The molecule has 0 aromatic rings. The molecule has 0 aromatic heterocycles. The van der Waals surface area contributed by atoms with Crippen molar-refractivity contribution >= 4 is 25.7 Å². The Balaban J connectivity index is 4.15. The molecule has 0 fully saturated rings.